The molecular weight excluding hydrogens is 370 g/mol. The number of furan rings is 1. The molecule has 29 heavy (non-hydrogen) atoms. The number of nitrogens with zero attached hydrogens (tertiary/aromatic N) is 1. The molecule has 2 rings (SSSR count). The van der Waals surface area contributed by atoms with Gasteiger partial charge in [-0.05, 0) is 30.5 Å². The zero-order valence-electron chi connectivity index (χ0n) is 17.2. The Balaban J connectivity index is 1.68. The summed E-state index contributed by atoms with van der Waals surface area (Å²) in [6.45, 7) is 2.12. The Morgan fingerprint density at radius 3 is 2.45 bits per heavy atom. The Morgan fingerprint density at radius 2 is 1.79 bits per heavy atom. The molecular formula is C23H29NO5. The number of rotatable bonds is 12. The molecule has 0 aliphatic rings. The second kappa shape index (κ2) is 11.8. The van der Waals surface area contributed by atoms with Crippen molar-refractivity contribution in [2.75, 3.05) is 13.7 Å². The lowest BCUT2D eigenvalue weighted by Gasteiger charge is -2.15. The Hall–Kier alpha value is -2.89. The molecule has 0 unspecified atom stereocenters. The molecule has 0 fully saturated rings. The van der Waals surface area contributed by atoms with Crippen molar-refractivity contribution in [1.29, 1.82) is 0 Å². The van der Waals surface area contributed by atoms with E-state index in [1.165, 1.54) is 29.6 Å². The molecule has 1 aromatic carbocycles. The molecule has 0 saturated carbocycles. The lowest BCUT2D eigenvalue weighted by atomic mass is 10.0. The van der Waals surface area contributed by atoms with E-state index in [0.717, 1.165) is 12.8 Å². The van der Waals surface area contributed by atoms with E-state index in [9.17, 15) is 14.4 Å². The Kier molecular flexibility index (Phi) is 9.15. The predicted molar refractivity (Wildman–Crippen MR) is 109 cm³/mol. The van der Waals surface area contributed by atoms with Crippen LogP contribution >= 0.6 is 0 Å². The molecule has 1 amide bonds. The maximum absolute atomic E-state index is 12.3. The van der Waals surface area contributed by atoms with E-state index in [1.54, 1.807) is 19.2 Å². The third-order valence-electron chi connectivity index (χ3n) is 4.66. The molecule has 0 aliphatic carbocycles. The number of Topliss-reactive ketones (excluding diaryl/α,β-unsaturated/α-hetero) is 1. The first-order valence-electron chi connectivity index (χ1n) is 10.0. The van der Waals surface area contributed by atoms with Crippen LogP contribution in [-0.4, -0.2) is 36.2 Å². The van der Waals surface area contributed by atoms with Gasteiger partial charge in [-0.25, -0.2) is 0 Å². The van der Waals surface area contributed by atoms with Crippen LogP contribution in [0.1, 0.15) is 60.7 Å². The van der Waals surface area contributed by atoms with Gasteiger partial charge >= 0.3 is 5.97 Å². The number of aryl methyl sites for hydroxylation is 1. The van der Waals surface area contributed by atoms with Crippen LogP contribution in [0.15, 0.2) is 47.1 Å². The first-order valence-corrected chi connectivity index (χ1v) is 10.0. The minimum Gasteiger partial charge on any atom is -0.467 e. The average Bonchev–Trinajstić information content (AvgIpc) is 3.23. The minimum atomic E-state index is -0.561. The first kappa shape index (κ1) is 22.4. The van der Waals surface area contributed by atoms with Gasteiger partial charge in [-0.1, -0.05) is 44.0 Å². The summed E-state index contributed by atoms with van der Waals surface area (Å²) in [5.74, 6) is -0.355. The molecule has 1 aromatic heterocycles. The van der Waals surface area contributed by atoms with Crippen LogP contribution in [0.5, 0.6) is 0 Å². The molecule has 0 bridgehead atoms. The minimum absolute atomic E-state index is 0.0493. The fraction of sp³-hybridized carbons (Fsp3) is 0.435. The summed E-state index contributed by atoms with van der Waals surface area (Å²) >= 11 is 0. The second-order valence-electron chi connectivity index (χ2n) is 7.07. The van der Waals surface area contributed by atoms with Crippen molar-refractivity contribution in [2.24, 2.45) is 0 Å². The summed E-state index contributed by atoms with van der Waals surface area (Å²) in [5, 5.41) is 0. The number of carbonyl (C=O) groups excluding carboxylic acids is 3. The van der Waals surface area contributed by atoms with Gasteiger partial charge in [0.05, 0.1) is 19.2 Å². The summed E-state index contributed by atoms with van der Waals surface area (Å²) < 4.78 is 10.2. The van der Waals surface area contributed by atoms with Crippen LogP contribution in [0, 0.1) is 0 Å². The van der Waals surface area contributed by atoms with Crippen molar-refractivity contribution in [3.05, 3.63) is 59.5 Å². The summed E-state index contributed by atoms with van der Waals surface area (Å²) in [5.41, 5.74) is 1.80. The molecule has 0 spiro atoms. The highest BCUT2D eigenvalue weighted by atomic mass is 16.5. The van der Waals surface area contributed by atoms with Crippen molar-refractivity contribution in [1.82, 2.24) is 4.90 Å². The maximum Gasteiger partial charge on any atom is 0.306 e. The highest BCUT2D eigenvalue weighted by molar-refractivity contribution is 5.97. The Morgan fingerprint density at radius 1 is 1.03 bits per heavy atom. The molecule has 0 atom stereocenters. The van der Waals surface area contributed by atoms with Crippen LogP contribution in [0.25, 0.3) is 0 Å². The number of ether oxygens (including phenoxy) is 1. The van der Waals surface area contributed by atoms with Gasteiger partial charge in [0.25, 0.3) is 5.91 Å². The van der Waals surface area contributed by atoms with Crippen molar-refractivity contribution in [3.8, 4) is 0 Å². The van der Waals surface area contributed by atoms with Crippen LogP contribution in [-0.2, 0) is 27.3 Å². The smallest absolute Gasteiger partial charge is 0.306 e. The molecule has 0 N–H and O–H groups in total. The lowest BCUT2D eigenvalue weighted by molar-refractivity contribution is -0.151. The quantitative estimate of drug-likeness (QED) is 0.304. The molecule has 1 heterocycles. The van der Waals surface area contributed by atoms with Gasteiger partial charge in [-0.2, -0.15) is 0 Å². The van der Waals surface area contributed by atoms with Gasteiger partial charge in [0.2, 0.25) is 0 Å². The topological polar surface area (TPSA) is 76.8 Å². The molecule has 0 radical (unpaired) electrons. The summed E-state index contributed by atoms with van der Waals surface area (Å²) in [7, 11) is 1.61. The van der Waals surface area contributed by atoms with Crippen molar-refractivity contribution in [3.63, 3.8) is 0 Å². The molecule has 0 aliphatic heterocycles. The van der Waals surface area contributed by atoms with E-state index < -0.39 is 5.97 Å². The maximum atomic E-state index is 12.3. The summed E-state index contributed by atoms with van der Waals surface area (Å²) in [6.07, 6.45) is 6.08. The fourth-order valence-corrected chi connectivity index (χ4v) is 2.85. The van der Waals surface area contributed by atoms with Crippen molar-refractivity contribution < 1.29 is 23.5 Å². The van der Waals surface area contributed by atoms with E-state index in [1.807, 2.05) is 24.3 Å². The van der Waals surface area contributed by atoms with Crippen LogP contribution < -0.4 is 0 Å². The van der Waals surface area contributed by atoms with Gasteiger partial charge in [-0.3, -0.25) is 14.4 Å². The highest BCUT2D eigenvalue weighted by Crippen LogP contribution is 2.12. The average molecular weight is 399 g/mol. The number of hydrogen-bond acceptors (Lipinski definition) is 5. The summed E-state index contributed by atoms with van der Waals surface area (Å²) in [4.78, 5) is 37.5. The van der Waals surface area contributed by atoms with Crippen molar-refractivity contribution in [2.45, 2.75) is 52.0 Å². The third kappa shape index (κ3) is 7.94. The second-order valence-corrected chi connectivity index (χ2v) is 7.07. The number of ketones is 1. The largest absolute Gasteiger partial charge is 0.467 e. The Bertz CT molecular complexity index is 780. The standard InChI is InChI=1S/C23H29NO5/c1-3-4-5-7-18-9-11-19(12-10-18)21(25)13-14-23(27)29-17-22(26)24(2)16-20-8-6-15-28-20/h6,8-12,15H,3-5,7,13-14,16-17H2,1-2H3. The van der Waals surface area contributed by atoms with Crippen LogP contribution in [0.3, 0.4) is 0 Å². The van der Waals surface area contributed by atoms with Gasteiger partial charge < -0.3 is 14.1 Å². The number of likely N-dealkylation sites (N-methyl/N-ethyl adjacent to an activating group) is 1. The number of amides is 1. The molecule has 2 aromatic rings. The highest BCUT2D eigenvalue weighted by Gasteiger charge is 2.15. The van der Waals surface area contributed by atoms with Crippen molar-refractivity contribution >= 4 is 17.7 Å². The van der Waals surface area contributed by atoms with Gasteiger partial charge in [-0.15, -0.1) is 0 Å². The Labute approximate surface area is 171 Å². The van der Waals surface area contributed by atoms with Gasteiger partial charge in [0, 0.05) is 19.0 Å². The third-order valence-corrected chi connectivity index (χ3v) is 4.66. The van der Waals surface area contributed by atoms with E-state index in [-0.39, 0.29) is 31.1 Å². The zero-order valence-corrected chi connectivity index (χ0v) is 17.2. The van der Waals surface area contributed by atoms with Gasteiger partial charge in [0.1, 0.15) is 5.76 Å². The van der Waals surface area contributed by atoms with Gasteiger partial charge in [0.15, 0.2) is 12.4 Å². The van der Waals surface area contributed by atoms with Crippen LogP contribution in [0.2, 0.25) is 0 Å². The number of benzene rings is 1. The van der Waals surface area contributed by atoms with E-state index in [4.69, 9.17) is 9.15 Å². The summed E-state index contributed by atoms with van der Waals surface area (Å²) in [6, 6.07) is 11.1. The number of carbonyl (C=O) groups is 3. The van der Waals surface area contributed by atoms with E-state index in [2.05, 4.69) is 6.92 Å². The molecule has 6 nitrogen and oxygen atoms in total. The zero-order chi connectivity index (χ0) is 21.1. The fourth-order valence-electron chi connectivity index (χ4n) is 2.85. The van der Waals surface area contributed by atoms with Crippen LogP contribution in [0.4, 0.5) is 0 Å². The monoisotopic (exact) mass is 399 g/mol. The number of esters is 1. The number of hydrogen-bond donors (Lipinski definition) is 0. The molecule has 0 saturated heterocycles. The lowest BCUT2D eigenvalue weighted by Crippen LogP contribution is -2.30. The first-order chi connectivity index (χ1) is 14.0. The molecule has 6 heteroatoms. The number of unbranched alkanes of at least 4 members (excludes halogenated alkanes) is 2. The normalized spacial score (nSPS) is 10.6. The van der Waals surface area contributed by atoms with E-state index >= 15 is 0 Å². The SMILES string of the molecule is CCCCCc1ccc(C(=O)CCC(=O)OCC(=O)N(C)Cc2ccco2)cc1. The van der Waals surface area contributed by atoms with E-state index in [0.29, 0.717) is 17.9 Å². The molecule has 156 valence electrons. The predicted octanol–water partition coefficient (Wildman–Crippen LogP) is 4.18.